The van der Waals surface area contributed by atoms with Crippen molar-refractivity contribution in [1.29, 1.82) is 0 Å². The monoisotopic (exact) mass is 350 g/mol. The summed E-state index contributed by atoms with van der Waals surface area (Å²) >= 11 is 0. The van der Waals surface area contributed by atoms with Crippen LogP contribution < -0.4 is 15.4 Å². The number of piperidine rings is 1. The predicted molar refractivity (Wildman–Crippen MR) is 101 cm³/mol. The maximum atomic E-state index is 13.2. The van der Waals surface area contributed by atoms with Crippen LogP contribution in [0.4, 0.5) is 4.39 Å². The van der Waals surface area contributed by atoms with Gasteiger partial charge in [-0.05, 0) is 45.7 Å². The molecule has 1 fully saturated rings. The maximum Gasteiger partial charge on any atom is 0.191 e. The molecule has 1 aliphatic rings. The molecule has 1 aromatic carbocycles. The Balaban J connectivity index is 1.73. The van der Waals surface area contributed by atoms with E-state index in [9.17, 15) is 4.39 Å². The van der Waals surface area contributed by atoms with E-state index in [1.807, 2.05) is 6.92 Å². The molecule has 1 heterocycles. The molecule has 25 heavy (non-hydrogen) atoms. The Kier molecular flexibility index (Phi) is 7.50. The molecule has 0 radical (unpaired) electrons. The van der Waals surface area contributed by atoms with E-state index < -0.39 is 0 Å². The average molecular weight is 350 g/mol. The van der Waals surface area contributed by atoms with Crippen LogP contribution in [0.15, 0.2) is 29.3 Å². The normalized spacial score (nSPS) is 18.2. The highest BCUT2D eigenvalue weighted by Crippen LogP contribution is 2.14. The van der Waals surface area contributed by atoms with Crippen LogP contribution in [0.5, 0.6) is 5.75 Å². The Bertz CT molecular complexity index is 556. The van der Waals surface area contributed by atoms with Crippen LogP contribution in [0.25, 0.3) is 0 Å². The zero-order valence-electron chi connectivity index (χ0n) is 15.8. The first kappa shape index (κ1) is 19.5. The summed E-state index contributed by atoms with van der Waals surface area (Å²) in [5.74, 6) is 1.04. The van der Waals surface area contributed by atoms with Crippen LogP contribution >= 0.6 is 0 Å². The van der Waals surface area contributed by atoms with Crippen LogP contribution in [-0.4, -0.2) is 55.7 Å². The molecule has 1 aromatic rings. The van der Waals surface area contributed by atoms with Crippen LogP contribution in [0.1, 0.15) is 33.6 Å². The highest BCUT2D eigenvalue weighted by atomic mass is 19.1. The molecule has 1 saturated heterocycles. The molecule has 1 atom stereocenters. The molecule has 6 heteroatoms. The van der Waals surface area contributed by atoms with Crippen LogP contribution in [0.2, 0.25) is 0 Å². The Morgan fingerprint density at radius 1 is 1.32 bits per heavy atom. The molecule has 0 bridgehead atoms. The van der Waals surface area contributed by atoms with Gasteiger partial charge in [0.2, 0.25) is 0 Å². The minimum atomic E-state index is -0.289. The lowest BCUT2D eigenvalue weighted by Gasteiger charge is -2.35. The van der Waals surface area contributed by atoms with Gasteiger partial charge >= 0.3 is 0 Å². The van der Waals surface area contributed by atoms with Gasteiger partial charge in [0.15, 0.2) is 5.96 Å². The van der Waals surface area contributed by atoms with Gasteiger partial charge in [0.25, 0.3) is 0 Å². The first-order valence-corrected chi connectivity index (χ1v) is 9.11. The number of likely N-dealkylation sites (tertiary alicyclic amines) is 1. The Morgan fingerprint density at radius 3 is 2.64 bits per heavy atom. The zero-order valence-corrected chi connectivity index (χ0v) is 15.8. The molecule has 5 nitrogen and oxygen atoms in total. The van der Waals surface area contributed by atoms with Crippen molar-refractivity contribution in [2.45, 2.75) is 51.8 Å². The van der Waals surface area contributed by atoms with E-state index in [1.165, 1.54) is 12.1 Å². The molecule has 0 aromatic heterocycles. The number of hydrogen-bond donors (Lipinski definition) is 2. The van der Waals surface area contributed by atoms with Gasteiger partial charge in [-0.1, -0.05) is 6.07 Å². The lowest BCUT2D eigenvalue weighted by atomic mass is 10.0. The quantitative estimate of drug-likeness (QED) is 0.612. The van der Waals surface area contributed by atoms with E-state index in [2.05, 4.69) is 34.4 Å². The highest BCUT2D eigenvalue weighted by Gasteiger charge is 2.21. The van der Waals surface area contributed by atoms with Crippen molar-refractivity contribution >= 4 is 5.96 Å². The largest absolute Gasteiger partial charge is 0.489 e. The number of benzene rings is 1. The summed E-state index contributed by atoms with van der Waals surface area (Å²) in [6.45, 7) is 9.27. The van der Waals surface area contributed by atoms with Gasteiger partial charge in [0, 0.05) is 38.3 Å². The lowest BCUT2D eigenvalue weighted by Crippen LogP contribution is -2.50. The second-order valence-corrected chi connectivity index (χ2v) is 6.89. The Morgan fingerprint density at radius 2 is 2.04 bits per heavy atom. The number of nitrogens with one attached hydrogen (secondary N) is 2. The van der Waals surface area contributed by atoms with E-state index in [1.54, 1.807) is 19.2 Å². The van der Waals surface area contributed by atoms with Crippen molar-refractivity contribution < 1.29 is 9.13 Å². The summed E-state index contributed by atoms with van der Waals surface area (Å²) in [5.41, 5.74) is 0. The van der Waals surface area contributed by atoms with E-state index in [0.29, 0.717) is 24.4 Å². The zero-order chi connectivity index (χ0) is 18.2. The van der Waals surface area contributed by atoms with Crippen molar-refractivity contribution in [3.63, 3.8) is 0 Å². The molecular weight excluding hydrogens is 319 g/mol. The molecule has 0 spiro atoms. The third-order valence-electron chi connectivity index (χ3n) is 4.51. The second kappa shape index (κ2) is 9.61. The van der Waals surface area contributed by atoms with Crippen molar-refractivity contribution in [3.8, 4) is 5.75 Å². The third kappa shape index (κ3) is 6.53. The van der Waals surface area contributed by atoms with E-state index in [-0.39, 0.29) is 11.9 Å². The molecule has 2 N–H and O–H groups in total. The van der Waals surface area contributed by atoms with Crippen molar-refractivity contribution in [1.82, 2.24) is 15.5 Å². The summed E-state index contributed by atoms with van der Waals surface area (Å²) in [4.78, 5) is 6.80. The van der Waals surface area contributed by atoms with Crippen molar-refractivity contribution in [3.05, 3.63) is 30.1 Å². The molecule has 0 aliphatic carbocycles. The van der Waals surface area contributed by atoms with Crippen LogP contribution in [0, 0.1) is 5.82 Å². The highest BCUT2D eigenvalue weighted by molar-refractivity contribution is 5.80. The molecule has 0 saturated carbocycles. The van der Waals surface area contributed by atoms with Gasteiger partial charge in [-0.3, -0.25) is 4.99 Å². The van der Waals surface area contributed by atoms with Crippen LogP contribution in [0.3, 0.4) is 0 Å². The smallest absolute Gasteiger partial charge is 0.191 e. The molecule has 140 valence electrons. The van der Waals surface area contributed by atoms with Gasteiger partial charge in [-0.2, -0.15) is 0 Å². The minimum absolute atomic E-state index is 0.0943. The molecule has 0 amide bonds. The minimum Gasteiger partial charge on any atom is -0.489 e. The average Bonchev–Trinajstić information content (AvgIpc) is 2.59. The Labute approximate surface area is 150 Å². The number of ether oxygens (including phenoxy) is 1. The van der Waals surface area contributed by atoms with Gasteiger partial charge < -0.3 is 20.3 Å². The van der Waals surface area contributed by atoms with E-state index in [4.69, 9.17) is 4.74 Å². The molecular formula is C19H31FN4O. The van der Waals surface area contributed by atoms with Crippen molar-refractivity contribution in [2.24, 2.45) is 4.99 Å². The van der Waals surface area contributed by atoms with Gasteiger partial charge in [0.1, 0.15) is 17.7 Å². The summed E-state index contributed by atoms with van der Waals surface area (Å²) in [7, 11) is 1.77. The van der Waals surface area contributed by atoms with Gasteiger partial charge in [-0.15, -0.1) is 0 Å². The first-order chi connectivity index (χ1) is 12.0. The standard InChI is InChI=1S/C19H31FN4O/c1-14(2)24-10-8-17(9-11-24)23-19(21-4)22-13-15(3)25-18-7-5-6-16(20)12-18/h5-7,12,14-15,17H,8-11,13H2,1-4H3,(H2,21,22,23). The van der Waals surface area contributed by atoms with E-state index >= 15 is 0 Å². The fraction of sp³-hybridized carbons (Fsp3) is 0.632. The lowest BCUT2D eigenvalue weighted by molar-refractivity contribution is 0.167. The fourth-order valence-corrected chi connectivity index (χ4v) is 3.00. The summed E-state index contributed by atoms with van der Waals surface area (Å²) in [6.07, 6.45) is 2.14. The molecule has 1 aliphatic heterocycles. The fourth-order valence-electron chi connectivity index (χ4n) is 3.00. The number of guanidine groups is 1. The number of rotatable bonds is 6. The number of halogens is 1. The predicted octanol–water partition coefficient (Wildman–Crippen LogP) is 2.63. The molecule has 2 rings (SSSR count). The van der Waals surface area contributed by atoms with Crippen molar-refractivity contribution in [2.75, 3.05) is 26.7 Å². The summed E-state index contributed by atoms with van der Waals surface area (Å²) in [5, 5.41) is 6.78. The first-order valence-electron chi connectivity index (χ1n) is 9.11. The van der Waals surface area contributed by atoms with Gasteiger partial charge in [-0.25, -0.2) is 4.39 Å². The summed E-state index contributed by atoms with van der Waals surface area (Å²) in [6, 6.07) is 7.27. The van der Waals surface area contributed by atoms with Crippen LogP contribution in [-0.2, 0) is 0 Å². The molecule has 1 unspecified atom stereocenters. The number of nitrogens with zero attached hydrogens (tertiary/aromatic N) is 2. The number of aliphatic imine (C=N–C) groups is 1. The third-order valence-corrected chi connectivity index (χ3v) is 4.51. The summed E-state index contributed by atoms with van der Waals surface area (Å²) < 4.78 is 18.9. The SMILES string of the molecule is CN=C(NCC(C)Oc1cccc(F)c1)NC1CCN(C(C)C)CC1. The van der Waals surface area contributed by atoms with Gasteiger partial charge in [0.05, 0.1) is 6.54 Å². The maximum absolute atomic E-state index is 13.2. The number of hydrogen-bond acceptors (Lipinski definition) is 3. The topological polar surface area (TPSA) is 48.9 Å². The second-order valence-electron chi connectivity index (χ2n) is 6.89. The van der Waals surface area contributed by atoms with E-state index in [0.717, 1.165) is 31.9 Å². The Hall–Kier alpha value is -1.82.